The van der Waals surface area contributed by atoms with E-state index >= 15 is 0 Å². The van der Waals surface area contributed by atoms with Crippen molar-refractivity contribution >= 4 is 38.9 Å². The van der Waals surface area contributed by atoms with Gasteiger partial charge in [-0.05, 0) is 31.2 Å². The first-order valence-electron chi connectivity index (χ1n) is 9.31. The second-order valence-electron chi connectivity index (χ2n) is 6.67. The van der Waals surface area contributed by atoms with Gasteiger partial charge in [-0.25, -0.2) is 13.4 Å². The lowest BCUT2D eigenvalue weighted by atomic mass is 10.2. The van der Waals surface area contributed by atoms with E-state index in [1.165, 1.54) is 49.4 Å². The number of anilines is 1. The number of carbonyl (C=O) groups is 2. The highest BCUT2D eigenvalue weighted by molar-refractivity contribution is 7.89. The summed E-state index contributed by atoms with van der Waals surface area (Å²) in [5.41, 5.74) is 2.02. The second kappa shape index (κ2) is 9.82. The van der Waals surface area contributed by atoms with Gasteiger partial charge in [-0.1, -0.05) is 30.3 Å². The number of amides is 1. The standard InChI is InChI=1S/C21H21N3O5S2/c1-14(24-31(27,28)19-10-8-17(9-11-19)22-15(2)25)21(26)29-12-18-13-30-20(23-18)16-6-4-3-5-7-16/h3-11,13-14,24H,12H2,1-2H3,(H,22,25)/t14-/m1/s1. The number of carbonyl (C=O) groups excluding carboxylic acids is 2. The molecule has 0 radical (unpaired) electrons. The first kappa shape index (κ1) is 22.6. The molecule has 0 fully saturated rings. The van der Waals surface area contributed by atoms with Gasteiger partial charge in [-0.2, -0.15) is 4.72 Å². The molecule has 10 heteroatoms. The molecule has 31 heavy (non-hydrogen) atoms. The van der Waals surface area contributed by atoms with Gasteiger partial charge in [0, 0.05) is 23.6 Å². The number of esters is 1. The van der Waals surface area contributed by atoms with E-state index < -0.39 is 22.0 Å². The summed E-state index contributed by atoms with van der Waals surface area (Å²) in [5, 5.41) is 5.15. The quantitative estimate of drug-likeness (QED) is 0.500. The Morgan fingerprint density at radius 2 is 1.77 bits per heavy atom. The maximum atomic E-state index is 12.5. The molecule has 3 aromatic rings. The number of benzene rings is 2. The van der Waals surface area contributed by atoms with E-state index in [0.29, 0.717) is 11.4 Å². The van der Waals surface area contributed by atoms with E-state index in [-0.39, 0.29) is 17.4 Å². The average molecular weight is 460 g/mol. The summed E-state index contributed by atoms with van der Waals surface area (Å²) >= 11 is 1.43. The highest BCUT2D eigenvalue weighted by Gasteiger charge is 2.23. The number of rotatable bonds is 8. The largest absolute Gasteiger partial charge is 0.458 e. The lowest BCUT2D eigenvalue weighted by molar-refractivity contribution is -0.146. The molecule has 1 atom stereocenters. The lowest BCUT2D eigenvalue weighted by Gasteiger charge is -2.13. The third-order valence-corrected chi connectivity index (χ3v) is 6.60. The summed E-state index contributed by atoms with van der Waals surface area (Å²) in [4.78, 5) is 27.7. The van der Waals surface area contributed by atoms with Crippen molar-refractivity contribution in [3.8, 4) is 10.6 Å². The zero-order chi connectivity index (χ0) is 22.4. The Labute approximate surface area is 184 Å². The van der Waals surface area contributed by atoms with E-state index in [1.54, 1.807) is 5.38 Å². The van der Waals surface area contributed by atoms with E-state index in [1.807, 2.05) is 30.3 Å². The summed E-state index contributed by atoms with van der Waals surface area (Å²) in [6, 6.07) is 14.1. The van der Waals surface area contributed by atoms with Gasteiger partial charge in [0.1, 0.15) is 17.7 Å². The maximum Gasteiger partial charge on any atom is 0.324 e. The normalized spacial score (nSPS) is 12.2. The van der Waals surface area contributed by atoms with Gasteiger partial charge in [-0.3, -0.25) is 9.59 Å². The van der Waals surface area contributed by atoms with Crippen molar-refractivity contribution in [1.82, 2.24) is 9.71 Å². The number of ether oxygens (including phenoxy) is 1. The Morgan fingerprint density at radius 1 is 1.10 bits per heavy atom. The molecule has 0 unspecified atom stereocenters. The molecule has 8 nitrogen and oxygen atoms in total. The van der Waals surface area contributed by atoms with Crippen LogP contribution < -0.4 is 10.0 Å². The first-order chi connectivity index (χ1) is 14.7. The van der Waals surface area contributed by atoms with Crippen LogP contribution >= 0.6 is 11.3 Å². The van der Waals surface area contributed by atoms with Crippen molar-refractivity contribution in [1.29, 1.82) is 0 Å². The minimum absolute atomic E-state index is 0.0340. The summed E-state index contributed by atoms with van der Waals surface area (Å²) in [6.45, 7) is 2.70. The number of hydrogen-bond acceptors (Lipinski definition) is 7. The molecular weight excluding hydrogens is 438 g/mol. The van der Waals surface area contributed by atoms with Crippen molar-refractivity contribution in [2.24, 2.45) is 0 Å². The van der Waals surface area contributed by atoms with Gasteiger partial charge in [0.25, 0.3) is 0 Å². The zero-order valence-corrected chi connectivity index (χ0v) is 18.5. The topological polar surface area (TPSA) is 114 Å². The molecule has 2 N–H and O–H groups in total. The maximum absolute atomic E-state index is 12.5. The van der Waals surface area contributed by atoms with E-state index in [9.17, 15) is 18.0 Å². The number of sulfonamides is 1. The number of hydrogen-bond donors (Lipinski definition) is 2. The Hall–Kier alpha value is -3.08. The van der Waals surface area contributed by atoms with Crippen LogP contribution in [0.4, 0.5) is 5.69 Å². The molecule has 3 rings (SSSR count). The fraction of sp³-hybridized carbons (Fsp3) is 0.190. The number of thiazole rings is 1. The third kappa shape index (κ3) is 6.20. The highest BCUT2D eigenvalue weighted by Crippen LogP contribution is 2.23. The van der Waals surface area contributed by atoms with Crippen molar-refractivity contribution in [2.45, 2.75) is 31.4 Å². The van der Waals surface area contributed by atoms with Crippen molar-refractivity contribution < 1.29 is 22.7 Å². The molecule has 0 saturated heterocycles. The Kier molecular flexibility index (Phi) is 7.16. The van der Waals surface area contributed by atoms with Crippen LogP contribution in [0.3, 0.4) is 0 Å². The number of nitrogens with zero attached hydrogens (tertiary/aromatic N) is 1. The summed E-state index contributed by atoms with van der Waals surface area (Å²) in [5.74, 6) is -0.978. The van der Waals surface area contributed by atoms with Gasteiger partial charge in [0.15, 0.2) is 0 Å². The molecule has 1 heterocycles. The predicted octanol–water partition coefficient (Wildman–Crippen LogP) is 3.18. The first-order valence-corrected chi connectivity index (χ1v) is 11.7. The lowest BCUT2D eigenvalue weighted by Crippen LogP contribution is -2.39. The number of nitrogens with one attached hydrogen (secondary N) is 2. The fourth-order valence-electron chi connectivity index (χ4n) is 2.63. The van der Waals surface area contributed by atoms with Crippen LogP contribution in [0.5, 0.6) is 0 Å². The fourth-order valence-corrected chi connectivity index (χ4v) is 4.63. The molecule has 0 bridgehead atoms. The summed E-state index contributed by atoms with van der Waals surface area (Å²) in [6.07, 6.45) is 0. The van der Waals surface area contributed by atoms with Gasteiger partial charge in [0.2, 0.25) is 15.9 Å². The monoisotopic (exact) mass is 459 g/mol. The van der Waals surface area contributed by atoms with Crippen LogP contribution in [-0.2, 0) is 31.0 Å². The third-order valence-electron chi connectivity index (χ3n) is 4.11. The van der Waals surface area contributed by atoms with Gasteiger partial charge in [0.05, 0.1) is 10.6 Å². The molecule has 162 valence electrons. The average Bonchev–Trinajstić information content (AvgIpc) is 3.21. The zero-order valence-electron chi connectivity index (χ0n) is 16.9. The molecular formula is C21H21N3O5S2. The summed E-state index contributed by atoms with van der Waals surface area (Å²) < 4.78 is 32.5. The van der Waals surface area contributed by atoms with Crippen LogP contribution in [-0.4, -0.2) is 31.3 Å². The molecule has 1 amide bonds. The van der Waals surface area contributed by atoms with Crippen molar-refractivity contribution in [3.05, 3.63) is 65.7 Å². The Balaban J connectivity index is 1.56. The van der Waals surface area contributed by atoms with Crippen LogP contribution in [0.2, 0.25) is 0 Å². The minimum atomic E-state index is -3.94. The SMILES string of the molecule is CC(=O)Nc1ccc(S(=O)(=O)N[C@H](C)C(=O)OCc2csc(-c3ccccc3)n2)cc1. The molecule has 0 spiro atoms. The van der Waals surface area contributed by atoms with E-state index in [0.717, 1.165) is 10.6 Å². The van der Waals surface area contributed by atoms with Gasteiger partial charge < -0.3 is 10.1 Å². The molecule has 0 aliphatic rings. The Bertz CT molecular complexity index is 1160. The van der Waals surface area contributed by atoms with E-state index in [4.69, 9.17) is 4.74 Å². The van der Waals surface area contributed by atoms with Crippen LogP contribution in [0, 0.1) is 0 Å². The molecule has 2 aromatic carbocycles. The highest BCUT2D eigenvalue weighted by atomic mass is 32.2. The second-order valence-corrected chi connectivity index (χ2v) is 9.24. The molecule has 1 aromatic heterocycles. The smallest absolute Gasteiger partial charge is 0.324 e. The van der Waals surface area contributed by atoms with Gasteiger partial charge >= 0.3 is 5.97 Å². The van der Waals surface area contributed by atoms with Crippen LogP contribution in [0.15, 0.2) is 64.9 Å². The molecule has 0 aliphatic heterocycles. The molecule has 0 aliphatic carbocycles. The predicted molar refractivity (Wildman–Crippen MR) is 118 cm³/mol. The van der Waals surface area contributed by atoms with Crippen molar-refractivity contribution in [3.63, 3.8) is 0 Å². The van der Waals surface area contributed by atoms with Crippen LogP contribution in [0.1, 0.15) is 19.5 Å². The summed E-state index contributed by atoms with van der Waals surface area (Å²) in [7, 11) is -3.94. The Morgan fingerprint density at radius 3 is 2.42 bits per heavy atom. The van der Waals surface area contributed by atoms with Crippen LogP contribution in [0.25, 0.3) is 10.6 Å². The van der Waals surface area contributed by atoms with E-state index in [2.05, 4.69) is 15.0 Å². The van der Waals surface area contributed by atoms with Gasteiger partial charge in [-0.15, -0.1) is 11.3 Å². The molecule has 0 saturated carbocycles. The minimum Gasteiger partial charge on any atom is -0.458 e. The number of aromatic nitrogens is 1. The van der Waals surface area contributed by atoms with Crippen molar-refractivity contribution in [2.75, 3.05) is 5.32 Å².